The maximum Gasteiger partial charge on any atom is 0.257 e. The fraction of sp³-hybridized carbons (Fsp3) is 0.231. The van der Waals surface area contributed by atoms with Crippen molar-refractivity contribution in [3.8, 4) is 11.6 Å². The summed E-state index contributed by atoms with van der Waals surface area (Å²) in [6, 6.07) is 5.51. The Morgan fingerprint density at radius 2 is 1.67 bits per heavy atom. The summed E-state index contributed by atoms with van der Waals surface area (Å²) in [5.74, 6) is 0.795. The highest BCUT2D eigenvalue weighted by molar-refractivity contribution is 6.32. The number of nitrogens with zero attached hydrogens (tertiary/aromatic N) is 2. The number of benzene rings is 1. The molecule has 5 heteroatoms. The molecule has 2 aromatic rings. The summed E-state index contributed by atoms with van der Waals surface area (Å²) in [6.07, 6.45) is 0. The fourth-order valence-corrected chi connectivity index (χ4v) is 1.78. The Kier molecular flexibility index (Phi) is 3.73. The Hall–Kier alpha value is -1.32. The molecule has 0 aliphatic rings. The zero-order valence-electron chi connectivity index (χ0n) is 10.3. The van der Waals surface area contributed by atoms with Crippen LogP contribution in [0.2, 0.25) is 10.2 Å². The van der Waals surface area contributed by atoms with Crippen molar-refractivity contribution in [2.45, 2.75) is 20.8 Å². The molecule has 1 aromatic heterocycles. The summed E-state index contributed by atoms with van der Waals surface area (Å²) < 4.78 is 5.62. The molecular weight excluding hydrogens is 271 g/mol. The van der Waals surface area contributed by atoms with E-state index in [1.165, 1.54) is 0 Å². The molecule has 94 valence electrons. The lowest BCUT2D eigenvalue weighted by Crippen LogP contribution is -1.97. The van der Waals surface area contributed by atoms with E-state index in [0.29, 0.717) is 10.8 Å². The van der Waals surface area contributed by atoms with Crippen LogP contribution in [0.4, 0.5) is 0 Å². The van der Waals surface area contributed by atoms with Crippen LogP contribution in [0.15, 0.2) is 18.2 Å². The van der Waals surface area contributed by atoms with Gasteiger partial charge in [-0.1, -0.05) is 29.3 Å². The number of aromatic nitrogens is 2. The molecule has 0 radical (unpaired) electrons. The van der Waals surface area contributed by atoms with E-state index in [0.717, 1.165) is 17.0 Å². The van der Waals surface area contributed by atoms with E-state index in [1.54, 1.807) is 6.07 Å². The second kappa shape index (κ2) is 5.12. The summed E-state index contributed by atoms with van der Waals surface area (Å²) in [6.45, 7) is 5.65. The van der Waals surface area contributed by atoms with Gasteiger partial charge in [-0.2, -0.15) is 0 Å². The van der Waals surface area contributed by atoms with Crippen LogP contribution >= 0.6 is 23.2 Å². The Morgan fingerprint density at radius 1 is 1.00 bits per heavy atom. The van der Waals surface area contributed by atoms with Crippen LogP contribution < -0.4 is 4.74 Å². The van der Waals surface area contributed by atoms with Gasteiger partial charge >= 0.3 is 0 Å². The number of hydrogen-bond acceptors (Lipinski definition) is 3. The van der Waals surface area contributed by atoms with Gasteiger partial charge in [0.25, 0.3) is 5.88 Å². The van der Waals surface area contributed by atoms with Crippen molar-refractivity contribution in [1.29, 1.82) is 0 Å². The SMILES string of the molecule is Cc1ccc(Cl)c(Oc2nc(C)c(C)nc2Cl)c1. The lowest BCUT2D eigenvalue weighted by molar-refractivity contribution is 0.458. The number of rotatable bonds is 2. The molecular formula is C13H12Cl2N2O. The lowest BCUT2D eigenvalue weighted by atomic mass is 10.2. The van der Waals surface area contributed by atoms with E-state index in [1.807, 2.05) is 32.9 Å². The third kappa shape index (κ3) is 2.74. The highest BCUT2D eigenvalue weighted by Gasteiger charge is 2.11. The first kappa shape index (κ1) is 13.1. The highest BCUT2D eigenvalue weighted by atomic mass is 35.5. The van der Waals surface area contributed by atoms with Gasteiger partial charge in [0.15, 0.2) is 5.15 Å². The molecule has 0 saturated heterocycles. The summed E-state index contributed by atoms with van der Waals surface area (Å²) >= 11 is 12.1. The van der Waals surface area contributed by atoms with E-state index in [9.17, 15) is 0 Å². The molecule has 0 unspecified atom stereocenters. The van der Waals surface area contributed by atoms with Gasteiger partial charge in [-0.15, -0.1) is 0 Å². The van der Waals surface area contributed by atoms with Gasteiger partial charge in [-0.25, -0.2) is 9.97 Å². The minimum absolute atomic E-state index is 0.232. The first-order chi connectivity index (χ1) is 8.47. The van der Waals surface area contributed by atoms with Crippen LogP contribution in [0, 0.1) is 20.8 Å². The predicted octanol–water partition coefficient (Wildman–Crippen LogP) is 4.50. The van der Waals surface area contributed by atoms with Crippen molar-refractivity contribution >= 4 is 23.2 Å². The van der Waals surface area contributed by atoms with Crippen LogP contribution in [0.3, 0.4) is 0 Å². The second-order valence-corrected chi connectivity index (χ2v) is 4.79. The van der Waals surface area contributed by atoms with E-state index >= 15 is 0 Å². The third-order valence-electron chi connectivity index (χ3n) is 2.53. The van der Waals surface area contributed by atoms with Crippen molar-refractivity contribution in [3.63, 3.8) is 0 Å². The lowest BCUT2D eigenvalue weighted by Gasteiger charge is -2.10. The van der Waals surface area contributed by atoms with E-state index in [4.69, 9.17) is 27.9 Å². The summed E-state index contributed by atoms with van der Waals surface area (Å²) in [5.41, 5.74) is 2.60. The molecule has 0 atom stereocenters. The summed E-state index contributed by atoms with van der Waals surface area (Å²) in [4.78, 5) is 8.42. The van der Waals surface area contributed by atoms with Gasteiger partial charge in [0.05, 0.1) is 16.4 Å². The molecule has 0 amide bonds. The van der Waals surface area contributed by atoms with Crippen LogP contribution in [0.1, 0.15) is 17.0 Å². The topological polar surface area (TPSA) is 35.0 Å². The fourth-order valence-electron chi connectivity index (χ4n) is 1.41. The molecule has 18 heavy (non-hydrogen) atoms. The molecule has 1 heterocycles. The Morgan fingerprint density at radius 3 is 2.39 bits per heavy atom. The van der Waals surface area contributed by atoms with Crippen LogP contribution in [-0.2, 0) is 0 Å². The zero-order valence-corrected chi connectivity index (χ0v) is 11.8. The van der Waals surface area contributed by atoms with Crippen LogP contribution in [-0.4, -0.2) is 9.97 Å². The van der Waals surface area contributed by atoms with Gasteiger partial charge in [0.1, 0.15) is 5.75 Å². The first-order valence-electron chi connectivity index (χ1n) is 5.42. The van der Waals surface area contributed by atoms with E-state index < -0.39 is 0 Å². The number of hydrogen-bond donors (Lipinski definition) is 0. The standard InChI is InChI=1S/C13H12Cl2N2O/c1-7-4-5-10(14)11(6-7)18-13-12(15)16-8(2)9(3)17-13/h4-6H,1-3H3. The highest BCUT2D eigenvalue weighted by Crippen LogP contribution is 2.32. The summed E-state index contributed by atoms with van der Waals surface area (Å²) in [5, 5.41) is 0.743. The van der Waals surface area contributed by atoms with Crippen molar-refractivity contribution in [3.05, 3.63) is 45.3 Å². The van der Waals surface area contributed by atoms with Gasteiger partial charge in [-0.3, -0.25) is 0 Å². The van der Waals surface area contributed by atoms with Crippen molar-refractivity contribution in [2.24, 2.45) is 0 Å². The Labute approximate surface area is 116 Å². The average molecular weight is 283 g/mol. The molecule has 1 aromatic carbocycles. The first-order valence-corrected chi connectivity index (χ1v) is 6.17. The normalized spacial score (nSPS) is 10.5. The van der Waals surface area contributed by atoms with Gasteiger partial charge in [-0.05, 0) is 38.5 Å². The van der Waals surface area contributed by atoms with Gasteiger partial charge in [0.2, 0.25) is 0 Å². The minimum Gasteiger partial charge on any atom is -0.435 e. The Bertz CT molecular complexity index is 600. The van der Waals surface area contributed by atoms with Crippen molar-refractivity contribution < 1.29 is 4.74 Å². The molecule has 0 bridgehead atoms. The van der Waals surface area contributed by atoms with Crippen LogP contribution in [0.25, 0.3) is 0 Å². The van der Waals surface area contributed by atoms with E-state index in [2.05, 4.69) is 9.97 Å². The molecule has 0 aliphatic carbocycles. The number of aryl methyl sites for hydroxylation is 3. The molecule has 3 nitrogen and oxygen atoms in total. The predicted molar refractivity (Wildman–Crippen MR) is 72.8 cm³/mol. The smallest absolute Gasteiger partial charge is 0.257 e. The van der Waals surface area contributed by atoms with Gasteiger partial charge in [0, 0.05) is 0 Å². The van der Waals surface area contributed by atoms with Crippen LogP contribution in [0.5, 0.6) is 11.6 Å². The Balaban J connectivity index is 2.40. The molecule has 0 N–H and O–H groups in total. The molecule has 0 fully saturated rings. The second-order valence-electron chi connectivity index (χ2n) is 4.03. The largest absolute Gasteiger partial charge is 0.435 e. The minimum atomic E-state index is 0.232. The zero-order chi connectivity index (χ0) is 13.3. The average Bonchev–Trinajstić information content (AvgIpc) is 2.30. The molecule has 0 aliphatic heterocycles. The third-order valence-corrected chi connectivity index (χ3v) is 3.09. The van der Waals surface area contributed by atoms with Crippen molar-refractivity contribution in [2.75, 3.05) is 0 Å². The maximum absolute atomic E-state index is 6.05. The molecule has 0 saturated carbocycles. The maximum atomic E-state index is 6.05. The van der Waals surface area contributed by atoms with Gasteiger partial charge < -0.3 is 4.74 Å². The van der Waals surface area contributed by atoms with E-state index in [-0.39, 0.29) is 11.0 Å². The molecule has 0 spiro atoms. The van der Waals surface area contributed by atoms with Crippen molar-refractivity contribution in [1.82, 2.24) is 9.97 Å². The summed E-state index contributed by atoms with van der Waals surface area (Å²) in [7, 11) is 0. The quantitative estimate of drug-likeness (QED) is 0.813. The molecule has 2 rings (SSSR count). The number of halogens is 2. The monoisotopic (exact) mass is 282 g/mol. The number of ether oxygens (including phenoxy) is 1.